The molecule has 0 aliphatic carbocycles. The van der Waals surface area contributed by atoms with Crippen LogP contribution in [0.2, 0.25) is 0 Å². The van der Waals surface area contributed by atoms with Crippen molar-refractivity contribution in [2.45, 2.75) is 26.9 Å². The van der Waals surface area contributed by atoms with E-state index in [4.69, 9.17) is 10.5 Å². The van der Waals surface area contributed by atoms with E-state index in [1.165, 1.54) is 5.56 Å². The average molecular weight is 208 g/mol. The van der Waals surface area contributed by atoms with E-state index in [1.807, 2.05) is 32.0 Å². The number of nitrogens with one attached hydrogen (secondary N) is 1. The number of rotatable bonds is 5. The number of ether oxygens (including phenoxy) is 1. The van der Waals surface area contributed by atoms with Gasteiger partial charge in [-0.1, -0.05) is 6.07 Å². The van der Waals surface area contributed by atoms with Crippen LogP contribution in [0.3, 0.4) is 0 Å². The van der Waals surface area contributed by atoms with Gasteiger partial charge in [0.1, 0.15) is 0 Å². The molecule has 1 atom stereocenters. The zero-order chi connectivity index (χ0) is 11.3. The monoisotopic (exact) mass is 208 g/mol. The molecule has 0 spiro atoms. The molecular formula is C12H20N2O. The van der Waals surface area contributed by atoms with Gasteiger partial charge in [-0.2, -0.15) is 0 Å². The highest BCUT2D eigenvalue weighted by molar-refractivity contribution is 5.66. The molecule has 0 aliphatic heterocycles. The molecule has 0 aliphatic rings. The first kappa shape index (κ1) is 11.9. The Labute approximate surface area is 91.6 Å². The lowest BCUT2D eigenvalue weighted by molar-refractivity contribution is 0.0855. The second-order valence-electron chi connectivity index (χ2n) is 3.74. The summed E-state index contributed by atoms with van der Waals surface area (Å²) < 4.78 is 5.43. The molecule has 3 N–H and O–H groups in total. The minimum Gasteiger partial charge on any atom is -0.397 e. The standard InChI is InChI=1S/C12H20N2O/c1-4-15-10(3)8-14-12-7-9(2)5-6-11(12)13/h5-7,10,14H,4,8,13H2,1-3H3. The van der Waals surface area contributed by atoms with Gasteiger partial charge < -0.3 is 15.8 Å². The molecule has 0 amide bonds. The largest absolute Gasteiger partial charge is 0.397 e. The Morgan fingerprint density at radius 2 is 2.20 bits per heavy atom. The fraction of sp³-hybridized carbons (Fsp3) is 0.500. The Bertz CT molecular complexity index is 312. The van der Waals surface area contributed by atoms with E-state index in [0.29, 0.717) is 0 Å². The van der Waals surface area contributed by atoms with Gasteiger partial charge in [0, 0.05) is 13.2 Å². The van der Waals surface area contributed by atoms with E-state index in [-0.39, 0.29) is 6.10 Å². The molecule has 1 aromatic rings. The van der Waals surface area contributed by atoms with Crippen LogP contribution in [0.1, 0.15) is 19.4 Å². The maximum absolute atomic E-state index is 5.85. The first-order valence-corrected chi connectivity index (χ1v) is 5.35. The van der Waals surface area contributed by atoms with Crippen LogP contribution < -0.4 is 11.1 Å². The van der Waals surface area contributed by atoms with Crippen LogP contribution in [0.15, 0.2) is 18.2 Å². The van der Waals surface area contributed by atoms with Crippen LogP contribution in [0.25, 0.3) is 0 Å². The van der Waals surface area contributed by atoms with Gasteiger partial charge in [-0.05, 0) is 38.5 Å². The Balaban J connectivity index is 2.53. The van der Waals surface area contributed by atoms with Gasteiger partial charge in [0.15, 0.2) is 0 Å². The summed E-state index contributed by atoms with van der Waals surface area (Å²) in [5.74, 6) is 0. The van der Waals surface area contributed by atoms with Crippen LogP contribution in [-0.2, 0) is 4.74 Å². The molecule has 0 fully saturated rings. The van der Waals surface area contributed by atoms with Crippen LogP contribution in [0, 0.1) is 6.92 Å². The third-order valence-electron chi connectivity index (χ3n) is 2.24. The molecule has 84 valence electrons. The lowest BCUT2D eigenvalue weighted by Gasteiger charge is -2.15. The quantitative estimate of drug-likeness (QED) is 0.730. The molecule has 0 radical (unpaired) electrons. The van der Waals surface area contributed by atoms with Crippen LogP contribution in [0.4, 0.5) is 11.4 Å². The van der Waals surface area contributed by atoms with Crippen molar-refractivity contribution in [1.29, 1.82) is 0 Å². The smallest absolute Gasteiger partial charge is 0.0719 e. The molecule has 1 aromatic carbocycles. The summed E-state index contributed by atoms with van der Waals surface area (Å²) in [6.07, 6.45) is 0.204. The topological polar surface area (TPSA) is 47.3 Å². The maximum Gasteiger partial charge on any atom is 0.0719 e. The molecule has 1 rings (SSSR count). The molecule has 0 bridgehead atoms. The summed E-state index contributed by atoms with van der Waals surface area (Å²) in [6.45, 7) is 7.62. The fourth-order valence-electron chi connectivity index (χ4n) is 1.42. The number of nitrogens with two attached hydrogens (primary N) is 1. The lowest BCUT2D eigenvalue weighted by Crippen LogP contribution is -2.20. The van der Waals surface area contributed by atoms with Crippen LogP contribution in [0.5, 0.6) is 0 Å². The number of nitrogen functional groups attached to an aromatic ring is 1. The van der Waals surface area contributed by atoms with E-state index >= 15 is 0 Å². The Morgan fingerprint density at radius 3 is 2.87 bits per heavy atom. The molecule has 3 heteroatoms. The summed E-state index contributed by atoms with van der Waals surface area (Å²) in [6, 6.07) is 5.98. The van der Waals surface area contributed by atoms with Gasteiger partial charge in [-0.25, -0.2) is 0 Å². The van der Waals surface area contributed by atoms with E-state index in [9.17, 15) is 0 Å². The zero-order valence-corrected chi connectivity index (χ0v) is 9.71. The molecule has 0 heterocycles. The normalized spacial score (nSPS) is 12.5. The van der Waals surface area contributed by atoms with Crippen molar-refractivity contribution in [3.63, 3.8) is 0 Å². The molecule has 15 heavy (non-hydrogen) atoms. The highest BCUT2D eigenvalue weighted by atomic mass is 16.5. The highest BCUT2D eigenvalue weighted by Gasteiger charge is 2.02. The predicted octanol–water partition coefficient (Wildman–Crippen LogP) is 2.41. The second kappa shape index (κ2) is 5.61. The minimum absolute atomic E-state index is 0.204. The van der Waals surface area contributed by atoms with Gasteiger partial charge in [0.2, 0.25) is 0 Å². The van der Waals surface area contributed by atoms with E-state index in [0.717, 1.165) is 24.5 Å². The first-order valence-electron chi connectivity index (χ1n) is 5.35. The van der Waals surface area contributed by atoms with Crippen molar-refractivity contribution >= 4 is 11.4 Å². The lowest BCUT2D eigenvalue weighted by atomic mass is 10.2. The second-order valence-corrected chi connectivity index (χ2v) is 3.74. The van der Waals surface area contributed by atoms with Crippen molar-refractivity contribution in [2.24, 2.45) is 0 Å². The van der Waals surface area contributed by atoms with Gasteiger partial charge in [0.05, 0.1) is 17.5 Å². The summed E-state index contributed by atoms with van der Waals surface area (Å²) in [5, 5.41) is 3.29. The summed E-state index contributed by atoms with van der Waals surface area (Å²) in [7, 11) is 0. The summed E-state index contributed by atoms with van der Waals surface area (Å²) in [5.41, 5.74) is 8.82. The number of anilines is 2. The Kier molecular flexibility index (Phi) is 4.43. The summed E-state index contributed by atoms with van der Waals surface area (Å²) >= 11 is 0. The van der Waals surface area contributed by atoms with Crippen LogP contribution >= 0.6 is 0 Å². The Morgan fingerprint density at radius 1 is 1.47 bits per heavy atom. The number of hydrogen-bond donors (Lipinski definition) is 2. The van der Waals surface area contributed by atoms with Crippen molar-refractivity contribution in [2.75, 3.05) is 24.2 Å². The van der Waals surface area contributed by atoms with Crippen LogP contribution in [-0.4, -0.2) is 19.3 Å². The van der Waals surface area contributed by atoms with E-state index < -0.39 is 0 Å². The number of hydrogen-bond acceptors (Lipinski definition) is 3. The van der Waals surface area contributed by atoms with Crippen molar-refractivity contribution in [1.82, 2.24) is 0 Å². The first-order chi connectivity index (χ1) is 7.13. The van der Waals surface area contributed by atoms with E-state index in [2.05, 4.69) is 12.2 Å². The predicted molar refractivity (Wildman–Crippen MR) is 65.2 cm³/mol. The number of benzene rings is 1. The minimum atomic E-state index is 0.204. The molecule has 1 unspecified atom stereocenters. The third kappa shape index (κ3) is 3.80. The molecule has 0 aromatic heterocycles. The highest BCUT2D eigenvalue weighted by Crippen LogP contribution is 2.19. The van der Waals surface area contributed by atoms with Gasteiger partial charge in [-0.3, -0.25) is 0 Å². The molecule has 3 nitrogen and oxygen atoms in total. The third-order valence-corrected chi connectivity index (χ3v) is 2.24. The Hall–Kier alpha value is -1.22. The SMILES string of the molecule is CCOC(C)CNc1cc(C)ccc1N. The zero-order valence-electron chi connectivity index (χ0n) is 9.71. The summed E-state index contributed by atoms with van der Waals surface area (Å²) in [4.78, 5) is 0. The van der Waals surface area contributed by atoms with Crippen molar-refractivity contribution in [3.05, 3.63) is 23.8 Å². The van der Waals surface area contributed by atoms with Crippen molar-refractivity contribution in [3.8, 4) is 0 Å². The van der Waals surface area contributed by atoms with Crippen molar-refractivity contribution < 1.29 is 4.74 Å². The van der Waals surface area contributed by atoms with E-state index in [1.54, 1.807) is 0 Å². The van der Waals surface area contributed by atoms with Gasteiger partial charge in [-0.15, -0.1) is 0 Å². The molecule has 0 saturated carbocycles. The molecular weight excluding hydrogens is 188 g/mol. The van der Waals surface area contributed by atoms with Gasteiger partial charge in [0.25, 0.3) is 0 Å². The molecule has 0 saturated heterocycles. The average Bonchev–Trinajstić information content (AvgIpc) is 2.20. The maximum atomic E-state index is 5.85. The van der Waals surface area contributed by atoms with Gasteiger partial charge >= 0.3 is 0 Å². The fourth-order valence-corrected chi connectivity index (χ4v) is 1.42. The number of aryl methyl sites for hydroxylation is 1.